The van der Waals surface area contributed by atoms with Crippen molar-refractivity contribution < 1.29 is 27.1 Å². The number of halogens is 2. The average molecular weight is 451 g/mol. The monoisotopic (exact) mass is 451 g/mol. The number of nitrogens with one attached hydrogen (secondary N) is 1. The highest BCUT2D eigenvalue weighted by molar-refractivity contribution is 7.79. The molecule has 1 aromatic carbocycles. The lowest BCUT2D eigenvalue weighted by Crippen LogP contribution is -2.51. The van der Waals surface area contributed by atoms with Gasteiger partial charge in [-0.1, -0.05) is 12.1 Å². The first-order valence-corrected chi connectivity index (χ1v) is 10.9. The zero-order chi connectivity index (χ0) is 22.6. The number of carbonyl (C=O) groups is 2. The summed E-state index contributed by atoms with van der Waals surface area (Å²) in [6.07, 6.45) is 3.31. The number of amides is 2. The number of benzene rings is 1. The van der Waals surface area contributed by atoms with Crippen LogP contribution in [0.4, 0.5) is 8.78 Å². The molecule has 3 rings (SSSR count). The van der Waals surface area contributed by atoms with Gasteiger partial charge >= 0.3 is 0 Å². The van der Waals surface area contributed by atoms with E-state index < -0.39 is 23.0 Å². The lowest BCUT2D eigenvalue weighted by Gasteiger charge is -2.34. The van der Waals surface area contributed by atoms with Crippen LogP contribution in [0, 0.1) is 0 Å². The zero-order valence-corrected chi connectivity index (χ0v) is 17.7. The van der Waals surface area contributed by atoms with Crippen LogP contribution in [0.25, 0.3) is 0 Å². The van der Waals surface area contributed by atoms with Crippen molar-refractivity contribution in [1.82, 2.24) is 15.2 Å². The molecule has 0 spiro atoms. The topological polar surface area (TPSA) is 99.6 Å². The average Bonchev–Trinajstić information content (AvgIpc) is 2.76. The summed E-state index contributed by atoms with van der Waals surface area (Å²) in [5, 5.41) is 2.74. The van der Waals surface area contributed by atoms with Gasteiger partial charge in [0, 0.05) is 31.8 Å². The van der Waals surface area contributed by atoms with Crippen LogP contribution in [0.3, 0.4) is 0 Å². The smallest absolute Gasteiger partial charge is 0.286 e. The second-order valence-corrected chi connectivity index (χ2v) is 8.41. The third kappa shape index (κ3) is 5.71. The molecular formula is C21H23F2N3O4S. The van der Waals surface area contributed by atoms with Gasteiger partial charge in [0.2, 0.25) is 5.91 Å². The minimum atomic E-state index is -3.04. The maximum Gasteiger partial charge on any atom is 0.286 e. The lowest BCUT2D eigenvalue weighted by molar-refractivity contribution is -0.126. The summed E-state index contributed by atoms with van der Waals surface area (Å²) in [5.74, 6) is -3.77. The van der Waals surface area contributed by atoms with Gasteiger partial charge in [-0.3, -0.25) is 14.6 Å². The number of pyridine rings is 1. The predicted octanol–water partition coefficient (Wildman–Crippen LogP) is 3.09. The maximum atomic E-state index is 13.3. The van der Waals surface area contributed by atoms with Crippen molar-refractivity contribution in [3.8, 4) is 0 Å². The Bertz CT molecular complexity index is 979. The molecule has 166 valence electrons. The fourth-order valence-corrected chi connectivity index (χ4v) is 3.87. The number of likely N-dealkylation sites (tertiary alicyclic amines) is 1. The van der Waals surface area contributed by atoms with E-state index in [2.05, 4.69) is 10.3 Å². The highest BCUT2D eigenvalue weighted by Crippen LogP contribution is 2.25. The van der Waals surface area contributed by atoms with Gasteiger partial charge in [0.1, 0.15) is 11.7 Å². The normalized spacial score (nSPS) is 17.8. The Kier molecular flexibility index (Phi) is 7.11. The molecule has 1 unspecified atom stereocenters. The van der Waals surface area contributed by atoms with Crippen molar-refractivity contribution in [3.63, 3.8) is 0 Å². The molecule has 0 aliphatic carbocycles. The Labute approximate surface area is 181 Å². The van der Waals surface area contributed by atoms with Crippen LogP contribution in [0.1, 0.15) is 47.8 Å². The summed E-state index contributed by atoms with van der Waals surface area (Å²) in [5.41, 5.74) is 0.450. The van der Waals surface area contributed by atoms with Crippen molar-refractivity contribution in [2.75, 3.05) is 6.54 Å². The van der Waals surface area contributed by atoms with E-state index in [9.17, 15) is 27.1 Å². The van der Waals surface area contributed by atoms with Crippen LogP contribution >= 0.6 is 0 Å². The van der Waals surface area contributed by atoms with Crippen molar-refractivity contribution in [2.24, 2.45) is 0 Å². The standard InChI is InChI=1S/C21H23F2N3O4S/c1-21(22,23)18-9-8-14(12-24-18)13-25-19(27)17-7-2-3-10-26(17)20(28)15-5-4-6-16(11-15)31(29)30/h4-6,8-9,11-12,17H,2-3,7,10,13H2,1H3,(H,25,27)(H,29,30)/t17-/m1/s1. The molecule has 2 N–H and O–H groups in total. The molecule has 1 aliphatic rings. The highest BCUT2D eigenvalue weighted by Gasteiger charge is 2.33. The van der Waals surface area contributed by atoms with Gasteiger partial charge in [-0.15, -0.1) is 0 Å². The summed E-state index contributed by atoms with van der Waals surface area (Å²) >= 11 is -2.21. The van der Waals surface area contributed by atoms with Gasteiger partial charge in [-0.05, 0) is 49.1 Å². The summed E-state index contributed by atoms with van der Waals surface area (Å²) < 4.78 is 47.1. The third-order valence-corrected chi connectivity index (χ3v) is 5.75. The quantitative estimate of drug-likeness (QED) is 0.658. The Morgan fingerprint density at radius 2 is 2.06 bits per heavy atom. The molecule has 1 aromatic heterocycles. The molecule has 2 amide bonds. The van der Waals surface area contributed by atoms with Gasteiger partial charge in [-0.2, -0.15) is 8.78 Å². The number of carbonyl (C=O) groups excluding carboxylic acids is 2. The van der Waals surface area contributed by atoms with Crippen LogP contribution in [0.5, 0.6) is 0 Å². The van der Waals surface area contributed by atoms with E-state index in [4.69, 9.17) is 0 Å². The van der Waals surface area contributed by atoms with E-state index in [0.717, 1.165) is 19.8 Å². The number of aromatic nitrogens is 1. The highest BCUT2D eigenvalue weighted by atomic mass is 32.2. The summed E-state index contributed by atoms with van der Waals surface area (Å²) in [6, 6.07) is 7.86. The van der Waals surface area contributed by atoms with Gasteiger partial charge in [0.05, 0.1) is 4.90 Å². The number of hydrogen-bond donors (Lipinski definition) is 2. The number of rotatable bonds is 6. The molecule has 7 nitrogen and oxygen atoms in total. The first kappa shape index (κ1) is 23.0. The van der Waals surface area contributed by atoms with E-state index in [-0.39, 0.29) is 34.5 Å². The molecule has 2 aromatic rings. The lowest BCUT2D eigenvalue weighted by atomic mass is 10.00. The van der Waals surface area contributed by atoms with E-state index in [1.165, 1.54) is 41.4 Å². The van der Waals surface area contributed by atoms with Crippen LogP contribution in [-0.4, -0.2) is 43.0 Å². The van der Waals surface area contributed by atoms with Gasteiger partial charge in [0.25, 0.3) is 11.8 Å². The van der Waals surface area contributed by atoms with E-state index in [1.54, 1.807) is 6.07 Å². The van der Waals surface area contributed by atoms with Crippen molar-refractivity contribution >= 4 is 22.9 Å². The van der Waals surface area contributed by atoms with Crippen molar-refractivity contribution in [1.29, 1.82) is 0 Å². The Morgan fingerprint density at radius 3 is 2.71 bits per heavy atom. The Balaban J connectivity index is 1.68. The minimum absolute atomic E-state index is 0.0961. The molecule has 1 fully saturated rings. The molecule has 1 saturated heterocycles. The van der Waals surface area contributed by atoms with E-state index in [1.807, 2.05) is 0 Å². The molecule has 31 heavy (non-hydrogen) atoms. The van der Waals surface area contributed by atoms with Crippen LogP contribution < -0.4 is 5.32 Å². The molecule has 10 heteroatoms. The third-order valence-electron chi connectivity index (χ3n) is 5.09. The SMILES string of the molecule is CC(F)(F)c1ccc(CNC(=O)[C@H]2CCCCN2C(=O)c2cccc(S(=O)O)c2)cn1. The zero-order valence-electron chi connectivity index (χ0n) is 16.9. The molecule has 0 saturated carbocycles. The molecule has 1 aliphatic heterocycles. The van der Waals surface area contributed by atoms with Gasteiger partial charge in [0.15, 0.2) is 11.1 Å². The van der Waals surface area contributed by atoms with Crippen molar-refractivity contribution in [2.45, 2.75) is 49.6 Å². The molecule has 2 heterocycles. The molecular weight excluding hydrogens is 428 g/mol. The van der Waals surface area contributed by atoms with Crippen molar-refractivity contribution in [3.05, 3.63) is 59.4 Å². The fourth-order valence-electron chi connectivity index (χ4n) is 3.45. The second kappa shape index (κ2) is 9.61. The van der Waals surface area contributed by atoms with Crippen LogP contribution in [0.15, 0.2) is 47.5 Å². The van der Waals surface area contributed by atoms with E-state index >= 15 is 0 Å². The van der Waals surface area contributed by atoms with Gasteiger partial charge in [-0.25, -0.2) is 4.21 Å². The fraction of sp³-hybridized carbons (Fsp3) is 0.381. The Morgan fingerprint density at radius 1 is 1.29 bits per heavy atom. The van der Waals surface area contributed by atoms with Crippen LogP contribution in [0.2, 0.25) is 0 Å². The number of piperidine rings is 1. The predicted molar refractivity (Wildman–Crippen MR) is 110 cm³/mol. The minimum Gasteiger partial charge on any atom is -0.350 e. The maximum absolute atomic E-state index is 13.3. The first-order valence-electron chi connectivity index (χ1n) is 9.79. The largest absolute Gasteiger partial charge is 0.350 e. The second-order valence-electron chi connectivity index (χ2n) is 7.44. The number of nitrogens with zero attached hydrogens (tertiary/aromatic N) is 2. The summed E-state index contributed by atoms with van der Waals surface area (Å²) in [6.45, 7) is 1.25. The molecule has 0 bridgehead atoms. The number of hydrogen-bond acceptors (Lipinski definition) is 4. The molecule has 2 atom stereocenters. The van der Waals surface area contributed by atoms with E-state index in [0.29, 0.717) is 18.5 Å². The van der Waals surface area contributed by atoms with Gasteiger partial charge < -0.3 is 14.8 Å². The molecule has 0 radical (unpaired) electrons. The van der Waals surface area contributed by atoms with Crippen LogP contribution in [-0.2, 0) is 28.3 Å². The summed E-state index contributed by atoms with van der Waals surface area (Å²) in [4.78, 5) is 31.1. The summed E-state index contributed by atoms with van der Waals surface area (Å²) in [7, 11) is 0. The number of alkyl halides is 2. The Hall–Kier alpha value is -2.72. The first-order chi connectivity index (χ1) is 14.7.